The number of hydrogen-bond donors (Lipinski definition) is 3. The summed E-state index contributed by atoms with van der Waals surface area (Å²) < 4.78 is 0. The van der Waals surface area contributed by atoms with Gasteiger partial charge in [-0.1, -0.05) is 0 Å². The van der Waals surface area contributed by atoms with Crippen molar-refractivity contribution in [3.8, 4) is 0 Å². The summed E-state index contributed by atoms with van der Waals surface area (Å²) in [6.45, 7) is 1.51. The normalized spacial score (nSPS) is 21.6. The molecule has 112 valence electrons. The summed E-state index contributed by atoms with van der Waals surface area (Å²) in [6, 6.07) is 0. The molecule has 0 unspecified atom stereocenters. The number of carbonyl (C=O) groups excluding carboxylic acids is 1. The highest BCUT2D eigenvalue weighted by molar-refractivity contribution is 7.99. The van der Waals surface area contributed by atoms with E-state index in [1.165, 1.54) is 0 Å². The van der Waals surface area contributed by atoms with Crippen LogP contribution in [-0.2, 0) is 9.59 Å². The molecule has 1 atom stereocenters. The molecule has 1 amide bonds. The van der Waals surface area contributed by atoms with Gasteiger partial charge in [-0.3, -0.25) is 19.4 Å². The Kier molecular flexibility index (Phi) is 3.58. The molecule has 0 aliphatic carbocycles. The number of thioether (sulfide) groups is 1. The van der Waals surface area contributed by atoms with Crippen LogP contribution in [0.4, 0.5) is 11.8 Å². The second kappa shape index (κ2) is 5.40. The fourth-order valence-corrected chi connectivity index (χ4v) is 3.40. The number of nitrogens with one attached hydrogen (secondary N) is 2. The van der Waals surface area contributed by atoms with Gasteiger partial charge in [0.1, 0.15) is 5.82 Å². The third kappa shape index (κ3) is 2.60. The molecule has 0 spiro atoms. The topological polar surface area (TPSA) is 115 Å². The van der Waals surface area contributed by atoms with Crippen molar-refractivity contribution in [2.45, 2.75) is 12.3 Å². The van der Waals surface area contributed by atoms with E-state index >= 15 is 0 Å². The lowest BCUT2D eigenvalue weighted by atomic mass is 9.94. The molecule has 1 aromatic rings. The van der Waals surface area contributed by atoms with Gasteiger partial charge in [-0.25, -0.2) is 0 Å². The molecule has 1 fully saturated rings. The highest BCUT2D eigenvalue weighted by Gasteiger charge is 2.35. The number of rotatable bonds is 2. The van der Waals surface area contributed by atoms with Gasteiger partial charge in [0.15, 0.2) is 0 Å². The van der Waals surface area contributed by atoms with Crippen LogP contribution in [0.2, 0.25) is 0 Å². The fraction of sp³-hybridized carbons (Fsp3) is 0.500. The van der Waals surface area contributed by atoms with Crippen molar-refractivity contribution >= 4 is 35.4 Å². The van der Waals surface area contributed by atoms with E-state index in [0.717, 1.165) is 24.6 Å². The van der Waals surface area contributed by atoms with E-state index < -0.39 is 23.4 Å². The maximum Gasteiger partial charge on any atom is 0.311 e. The minimum Gasteiger partial charge on any atom is -0.481 e. The zero-order valence-electron chi connectivity index (χ0n) is 11.1. The number of amides is 1. The quantitative estimate of drug-likeness (QED) is 0.694. The van der Waals surface area contributed by atoms with Gasteiger partial charge in [0.25, 0.3) is 5.56 Å². The number of aliphatic carboxylic acids is 1. The Balaban J connectivity index is 2.04. The van der Waals surface area contributed by atoms with Gasteiger partial charge >= 0.3 is 5.97 Å². The molecule has 1 saturated heterocycles. The van der Waals surface area contributed by atoms with E-state index in [1.54, 1.807) is 0 Å². The van der Waals surface area contributed by atoms with Crippen LogP contribution in [0.5, 0.6) is 0 Å². The highest BCUT2D eigenvalue weighted by Crippen LogP contribution is 2.29. The Bertz CT molecular complexity index is 653. The van der Waals surface area contributed by atoms with Crippen LogP contribution in [0.3, 0.4) is 0 Å². The van der Waals surface area contributed by atoms with Gasteiger partial charge in [0, 0.05) is 31.0 Å². The fourth-order valence-electron chi connectivity index (χ4n) is 2.50. The smallest absolute Gasteiger partial charge is 0.311 e. The zero-order chi connectivity index (χ0) is 15.0. The van der Waals surface area contributed by atoms with Crippen LogP contribution >= 0.6 is 11.8 Å². The van der Waals surface area contributed by atoms with Crippen LogP contribution in [0.15, 0.2) is 4.79 Å². The molecule has 1 aromatic heterocycles. The van der Waals surface area contributed by atoms with Crippen molar-refractivity contribution < 1.29 is 14.7 Å². The Morgan fingerprint density at radius 3 is 2.71 bits per heavy atom. The van der Waals surface area contributed by atoms with Crippen molar-refractivity contribution in [1.29, 1.82) is 0 Å². The Morgan fingerprint density at radius 2 is 2.05 bits per heavy atom. The first-order valence-electron chi connectivity index (χ1n) is 6.56. The molecule has 0 saturated carbocycles. The summed E-state index contributed by atoms with van der Waals surface area (Å²) in [6.07, 6.45) is -0.243. The van der Waals surface area contributed by atoms with E-state index in [4.69, 9.17) is 0 Å². The van der Waals surface area contributed by atoms with E-state index in [2.05, 4.69) is 15.3 Å². The molecule has 0 aromatic carbocycles. The average Bonchev–Trinajstić information content (AvgIpc) is 2.46. The minimum absolute atomic E-state index is 0.0252. The average molecular weight is 310 g/mol. The Morgan fingerprint density at radius 1 is 1.33 bits per heavy atom. The lowest BCUT2D eigenvalue weighted by Crippen LogP contribution is -2.38. The van der Waals surface area contributed by atoms with Gasteiger partial charge in [0.2, 0.25) is 11.9 Å². The van der Waals surface area contributed by atoms with Crippen LogP contribution in [0.1, 0.15) is 17.9 Å². The molecular formula is C12H14N4O4S. The lowest BCUT2D eigenvalue weighted by Gasteiger charge is -2.28. The standard InChI is InChI=1S/C12H14N4O4S/c17-7-5-6(11(19)20)8-9(13-7)14-12(15-10(8)18)16-1-3-21-4-2-16/h6H,1-5H2,(H,19,20)(H2,13,14,15,17,18)/t6-/m0/s1. The maximum absolute atomic E-state index is 12.2. The van der Waals surface area contributed by atoms with Crippen molar-refractivity contribution in [2.75, 3.05) is 34.8 Å². The molecule has 8 nitrogen and oxygen atoms in total. The number of anilines is 2. The number of aromatic nitrogens is 2. The SMILES string of the molecule is O=C1C[C@H](C(=O)O)c2c(nc(N3CCSCC3)[nH]c2=O)N1. The van der Waals surface area contributed by atoms with E-state index in [-0.39, 0.29) is 17.8 Å². The number of hydrogen-bond acceptors (Lipinski definition) is 6. The third-order valence-electron chi connectivity index (χ3n) is 3.55. The second-order valence-corrected chi connectivity index (χ2v) is 6.12. The number of nitrogens with zero attached hydrogens (tertiary/aromatic N) is 2. The molecule has 9 heteroatoms. The van der Waals surface area contributed by atoms with Crippen molar-refractivity contribution in [3.63, 3.8) is 0 Å². The molecule has 21 heavy (non-hydrogen) atoms. The first kappa shape index (κ1) is 13.9. The second-order valence-electron chi connectivity index (χ2n) is 4.89. The van der Waals surface area contributed by atoms with E-state index in [0.29, 0.717) is 5.95 Å². The van der Waals surface area contributed by atoms with E-state index in [9.17, 15) is 19.5 Å². The van der Waals surface area contributed by atoms with Crippen molar-refractivity contribution in [2.24, 2.45) is 0 Å². The first-order valence-corrected chi connectivity index (χ1v) is 7.71. The molecule has 2 aliphatic rings. The number of carboxylic acids is 1. The largest absolute Gasteiger partial charge is 0.481 e. The monoisotopic (exact) mass is 310 g/mol. The van der Waals surface area contributed by atoms with Crippen LogP contribution in [-0.4, -0.2) is 51.5 Å². The summed E-state index contributed by atoms with van der Waals surface area (Å²) in [4.78, 5) is 43.8. The van der Waals surface area contributed by atoms with Gasteiger partial charge in [-0.05, 0) is 0 Å². The van der Waals surface area contributed by atoms with Crippen molar-refractivity contribution in [3.05, 3.63) is 15.9 Å². The van der Waals surface area contributed by atoms with Crippen molar-refractivity contribution in [1.82, 2.24) is 9.97 Å². The molecule has 2 aliphatic heterocycles. The highest BCUT2D eigenvalue weighted by atomic mass is 32.2. The molecule has 3 heterocycles. The number of carbonyl (C=O) groups is 2. The van der Waals surface area contributed by atoms with Gasteiger partial charge in [-0.15, -0.1) is 0 Å². The molecule has 0 bridgehead atoms. The molecular weight excluding hydrogens is 296 g/mol. The molecule has 3 N–H and O–H groups in total. The lowest BCUT2D eigenvalue weighted by molar-refractivity contribution is -0.140. The van der Waals surface area contributed by atoms with E-state index in [1.807, 2.05) is 16.7 Å². The zero-order valence-corrected chi connectivity index (χ0v) is 11.9. The third-order valence-corrected chi connectivity index (χ3v) is 4.49. The Hall–Kier alpha value is -2.03. The molecule has 3 rings (SSSR count). The van der Waals surface area contributed by atoms with Gasteiger partial charge < -0.3 is 15.3 Å². The number of carboxylic acid groups (broad SMARTS) is 1. The number of fused-ring (bicyclic) bond motifs is 1. The maximum atomic E-state index is 12.2. The number of aromatic amines is 1. The van der Waals surface area contributed by atoms with Crippen LogP contribution in [0.25, 0.3) is 0 Å². The van der Waals surface area contributed by atoms with Gasteiger partial charge in [-0.2, -0.15) is 16.7 Å². The van der Waals surface area contributed by atoms with Crippen LogP contribution in [0, 0.1) is 0 Å². The summed E-state index contributed by atoms with van der Waals surface area (Å²) in [7, 11) is 0. The summed E-state index contributed by atoms with van der Waals surface area (Å²) in [5, 5.41) is 11.7. The predicted octanol–water partition coefficient (Wildman–Crippen LogP) is -0.167. The van der Waals surface area contributed by atoms with Crippen LogP contribution < -0.4 is 15.8 Å². The number of H-pyrrole nitrogens is 1. The minimum atomic E-state index is -1.19. The summed E-state index contributed by atoms with van der Waals surface area (Å²) in [5.74, 6) is -0.457. The molecule has 0 radical (unpaired) electrons. The first-order chi connectivity index (χ1) is 10.1. The summed E-state index contributed by atoms with van der Waals surface area (Å²) in [5.41, 5.74) is -0.474. The Labute approximate surface area is 123 Å². The predicted molar refractivity (Wildman–Crippen MR) is 78.0 cm³/mol. The summed E-state index contributed by atoms with van der Waals surface area (Å²) >= 11 is 1.82. The van der Waals surface area contributed by atoms with Gasteiger partial charge in [0.05, 0.1) is 11.5 Å².